The number of hydrogen-bond acceptors (Lipinski definition) is 6. The van der Waals surface area contributed by atoms with Crippen LogP contribution in [-0.2, 0) is 16.8 Å². The Morgan fingerprint density at radius 3 is 2.52 bits per heavy atom. The van der Waals surface area contributed by atoms with Gasteiger partial charge in [0.15, 0.2) is 0 Å². The SMILES string of the molecule is COCC1(c2nc(-c3ccccc3OCc3ccccc3)no2)CCNCC1.Cl. The summed E-state index contributed by atoms with van der Waals surface area (Å²) in [7, 11) is 1.72. The Bertz CT molecular complexity index is 890. The summed E-state index contributed by atoms with van der Waals surface area (Å²) in [6, 6.07) is 17.9. The van der Waals surface area contributed by atoms with E-state index < -0.39 is 0 Å². The van der Waals surface area contributed by atoms with Crippen LogP contribution >= 0.6 is 12.4 Å². The van der Waals surface area contributed by atoms with E-state index in [1.807, 2.05) is 54.6 Å². The van der Waals surface area contributed by atoms with Gasteiger partial charge in [-0.05, 0) is 43.6 Å². The number of rotatable bonds is 7. The van der Waals surface area contributed by atoms with Crippen LogP contribution < -0.4 is 10.1 Å². The summed E-state index contributed by atoms with van der Waals surface area (Å²) < 4.78 is 17.2. The van der Waals surface area contributed by atoms with Crippen molar-refractivity contribution >= 4 is 12.4 Å². The van der Waals surface area contributed by atoms with Crippen molar-refractivity contribution in [2.75, 3.05) is 26.8 Å². The van der Waals surface area contributed by atoms with Crippen LogP contribution in [0, 0.1) is 0 Å². The third-order valence-electron chi connectivity index (χ3n) is 5.23. The molecule has 2 aromatic carbocycles. The lowest BCUT2D eigenvalue weighted by molar-refractivity contribution is 0.0850. The van der Waals surface area contributed by atoms with Gasteiger partial charge in [0.05, 0.1) is 17.6 Å². The number of ether oxygens (including phenoxy) is 2. The summed E-state index contributed by atoms with van der Waals surface area (Å²) >= 11 is 0. The highest BCUT2D eigenvalue weighted by molar-refractivity contribution is 5.85. The van der Waals surface area contributed by atoms with Crippen molar-refractivity contribution in [2.24, 2.45) is 0 Å². The van der Waals surface area contributed by atoms with Crippen LogP contribution in [0.1, 0.15) is 24.3 Å². The molecule has 1 fully saturated rings. The maximum Gasteiger partial charge on any atom is 0.235 e. The fourth-order valence-corrected chi connectivity index (χ4v) is 3.66. The first-order valence-corrected chi connectivity index (χ1v) is 9.61. The first-order valence-electron chi connectivity index (χ1n) is 9.61. The third kappa shape index (κ3) is 4.78. The molecule has 7 heteroatoms. The highest BCUT2D eigenvalue weighted by Crippen LogP contribution is 2.35. The second-order valence-electron chi connectivity index (χ2n) is 7.16. The smallest absolute Gasteiger partial charge is 0.235 e. The predicted octanol–water partition coefficient (Wildman–Crippen LogP) is 4.01. The van der Waals surface area contributed by atoms with Gasteiger partial charge in [-0.3, -0.25) is 0 Å². The van der Waals surface area contributed by atoms with Crippen molar-refractivity contribution in [3.63, 3.8) is 0 Å². The molecule has 1 aliphatic rings. The van der Waals surface area contributed by atoms with E-state index in [0.29, 0.717) is 24.9 Å². The molecule has 0 unspecified atom stereocenters. The lowest BCUT2D eigenvalue weighted by Crippen LogP contribution is -2.43. The molecule has 29 heavy (non-hydrogen) atoms. The van der Waals surface area contributed by atoms with Crippen LogP contribution in [-0.4, -0.2) is 36.9 Å². The summed E-state index contributed by atoms with van der Waals surface area (Å²) in [5.41, 5.74) is 1.71. The lowest BCUT2D eigenvalue weighted by atomic mass is 9.79. The number of halogens is 1. The van der Waals surface area contributed by atoms with E-state index in [0.717, 1.165) is 42.8 Å². The first kappa shape index (κ1) is 21.3. The van der Waals surface area contributed by atoms with Gasteiger partial charge in [-0.2, -0.15) is 4.98 Å². The molecule has 1 aliphatic heterocycles. The number of piperidine rings is 1. The quantitative estimate of drug-likeness (QED) is 0.628. The summed E-state index contributed by atoms with van der Waals surface area (Å²) in [5.74, 6) is 1.93. The molecule has 1 N–H and O–H groups in total. The molecule has 0 aliphatic carbocycles. The van der Waals surface area contributed by atoms with Crippen LogP contribution in [0.15, 0.2) is 59.1 Å². The monoisotopic (exact) mass is 415 g/mol. The zero-order valence-corrected chi connectivity index (χ0v) is 17.3. The second-order valence-corrected chi connectivity index (χ2v) is 7.16. The Morgan fingerprint density at radius 1 is 1.03 bits per heavy atom. The molecule has 2 heterocycles. The van der Waals surface area contributed by atoms with Gasteiger partial charge in [0.25, 0.3) is 0 Å². The molecule has 0 radical (unpaired) electrons. The minimum Gasteiger partial charge on any atom is -0.488 e. The van der Waals surface area contributed by atoms with E-state index in [2.05, 4.69) is 10.5 Å². The Morgan fingerprint density at radius 2 is 1.76 bits per heavy atom. The molecule has 4 rings (SSSR count). The van der Waals surface area contributed by atoms with Crippen molar-refractivity contribution in [1.29, 1.82) is 0 Å². The van der Waals surface area contributed by atoms with Gasteiger partial charge in [0, 0.05) is 7.11 Å². The highest BCUT2D eigenvalue weighted by atomic mass is 35.5. The molecule has 0 spiro atoms. The molecular formula is C22H26ClN3O3. The number of aromatic nitrogens is 2. The van der Waals surface area contributed by atoms with Gasteiger partial charge in [-0.25, -0.2) is 0 Å². The number of nitrogens with zero attached hydrogens (tertiary/aromatic N) is 2. The molecule has 3 aromatic rings. The number of hydrogen-bond donors (Lipinski definition) is 1. The van der Waals surface area contributed by atoms with Crippen molar-refractivity contribution in [3.05, 3.63) is 66.1 Å². The van der Waals surface area contributed by atoms with E-state index in [1.54, 1.807) is 7.11 Å². The number of nitrogens with one attached hydrogen (secondary N) is 1. The van der Waals surface area contributed by atoms with Gasteiger partial charge in [-0.15, -0.1) is 12.4 Å². The zero-order chi connectivity index (χ0) is 19.2. The molecule has 154 valence electrons. The van der Waals surface area contributed by atoms with Crippen LogP contribution in [0.4, 0.5) is 0 Å². The zero-order valence-electron chi connectivity index (χ0n) is 16.5. The number of para-hydroxylation sites is 1. The van der Waals surface area contributed by atoms with Crippen molar-refractivity contribution in [1.82, 2.24) is 15.5 Å². The Labute approximate surface area is 177 Å². The summed E-state index contributed by atoms with van der Waals surface area (Å²) in [6.07, 6.45) is 1.82. The lowest BCUT2D eigenvalue weighted by Gasteiger charge is -2.33. The highest BCUT2D eigenvalue weighted by Gasteiger charge is 2.39. The Balaban J connectivity index is 0.00000240. The largest absolute Gasteiger partial charge is 0.488 e. The normalized spacial score (nSPS) is 15.5. The standard InChI is InChI=1S/C22H25N3O3.ClH/c1-26-16-22(11-13-23-14-12-22)21-24-20(25-28-21)18-9-5-6-10-19(18)27-15-17-7-3-2-4-8-17;/h2-10,23H,11-16H2,1H3;1H. The van der Waals surface area contributed by atoms with E-state index >= 15 is 0 Å². The molecule has 0 saturated carbocycles. The molecule has 0 bridgehead atoms. The Hall–Kier alpha value is -2.41. The first-order chi connectivity index (χ1) is 13.8. The summed E-state index contributed by atoms with van der Waals surface area (Å²) in [5, 5.41) is 7.64. The van der Waals surface area contributed by atoms with Crippen LogP contribution in [0.3, 0.4) is 0 Å². The molecule has 0 atom stereocenters. The number of benzene rings is 2. The van der Waals surface area contributed by atoms with Crippen LogP contribution in [0.25, 0.3) is 11.4 Å². The average molecular weight is 416 g/mol. The Kier molecular flexibility index (Phi) is 7.25. The van der Waals surface area contributed by atoms with Gasteiger partial charge >= 0.3 is 0 Å². The van der Waals surface area contributed by atoms with Gasteiger partial charge in [0.2, 0.25) is 11.7 Å². The molecule has 6 nitrogen and oxygen atoms in total. The van der Waals surface area contributed by atoms with E-state index in [-0.39, 0.29) is 17.8 Å². The molecular weight excluding hydrogens is 390 g/mol. The minimum atomic E-state index is -0.231. The maximum absolute atomic E-state index is 6.05. The van der Waals surface area contributed by atoms with E-state index in [4.69, 9.17) is 19.0 Å². The predicted molar refractivity (Wildman–Crippen MR) is 113 cm³/mol. The van der Waals surface area contributed by atoms with Crippen molar-refractivity contribution in [3.8, 4) is 17.1 Å². The van der Waals surface area contributed by atoms with Crippen molar-refractivity contribution < 1.29 is 14.0 Å². The summed E-state index contributed by atoms with van der Waals surface area (Å²) in [6.45, 7) is 2.89. The van der Waals surface area contributed by atoms with Gasteiger partial charge in [-0.1, -0.05) is 47.6 Å². The van der Waals surface area contributed by atoms with Gasteiger partial charge in [0.1, 0.15) is 12.4 Å². The molecule has 0 amide bonds. The maximum atomic E-state index is 6.05. The third-order valence-corrected chi connectivity index (χ3v) is 5.23. The fourth-order valence-electron chi connectivity index (χ4n) is 3.66. The van der Waals surface area contributed by atoms with Gasteiger partial charge < -0.3 is 19.3 Å². The van der Waals surface area contributed by atoms with E-state index in [9.17, 15) is 0 Å². The van der Waals surface area contributed by atoms with Crippen LogP contribution in [0.2, 0.25) is 0 Å². The minimum absolute atomic E-state index is 0. The average Bonchev–Trinajstić information content (AvgIpc) is 3.25. The van der Waals surface area contributed by atoms with E-state index in [1.165, 1.54) is 0 Å². The summed E-state index contributed by atoms with van der Waals surface area (Å²) in [4.78, 5) is 4.75. The topological polar surface area (TPSA) is 69.4 Å². The number of methoxy groups -OCH3 is 1. The molecule has 1 aromatic heterocycles. The second kappa shape index (κ2) is 9.87. The fraction of sp³-hybridized carbons (Fsp3) is 0.364. The van der Waals surface area contributed by atoms with Crippen molar-refractivity contribution in [2.45, 2.75) is 24.9 Å². The molecule has 1 saturated heterocycles. The van der Waals surface area contributed by atoms with Crippen LogP contribution in [0.5, 0.6) is 5.75 Å².